The van der Waals surface area contributed by atoms with Crippen molar-refractivity contribution in [3.8, 4) is 0 Å². The number of nitrogens with zero attached hydrogens (tertiary/aromatic N) is 1. The Morgan fingerprint density at radius 3 is 2.42 bits per heavy atom. The van der Waals surface area contributed by atoms with Crippen molar-refractivity contribution < 1.29 is 0 Å². The Morgan fingerprint density at radius 2 is 1.92 bits per heavy atom. The summed E-state index contributed by atoms with van der Waals surface area (Å²) >= 11 is 0. The normalized spacial score (nSPS) is 24.5. The molecule has 1 atom stereocenters. The van der Waals surface area contributed by atoms with Crippen LogP contribution in [0.15, 0.2) is 0 Å². The average Bonchev–Trinajstić information content (AvgIpc) is 2.21. The first-order chi connectivity index (χ1) is 5.86. The van der Waals surface area contributed by atoms with E-state index >= 15 is 0 Å². The molecule has 1 unspecified atom stereocenters. The Balaban J connectivity index is 0.000000561. The predicted octanol–water partition coefficient (Wildman–Crippen LogP) is 3.15. The molecule has 0 radical (unpaired) electrons. The average molecular weight is 171 g/mol. The van der Waals surface area contributed by atoms with Gasteiger partial charge in [-0.2, -0.15) is 0 Å². The Hall–Kier alpha value is -0.0400. The highest BCUT2D eigenvalue weighted by Gasteiger charge is 2.15. The van der Waals surface area contributed by atoms with Crippen molar-refractivity contribution in [1.29, 1.82) is 0 Å². The van der Waals surface area contributed by atoms with Crippen molar-refractivity contribution in [2.45, 2.75) is 47.0 Å². The Bertz CT molecular complexity index is 81.0. The second-order valence-corrected chi connectivity index (χ2v) is 3.31. The van der Waals surface area contributed by atoms with Crippen molar-refractivity contribution >= 4 is 0 Å². The molecule has 1 fully saturated rings. The van der Waals surface area contributed by atoms with Gasteiger partial charge >= 0.3 is 0 Å². The molecule has 0 amide bonds. The van der Waals surface area contributed by atoms with Crippen LogP contribution in [-0.4, -0.2) is 24.5 Å². The van der Waals surface area contributed by atoms with Crippen molar-refractivity contribution in [1.82, 2.24) is 4.90 Å². The first-order valence-corrected chi connectivity index (χ1v) is 5.59. The maximum absolute atomic E-state index is 2.57. The van der Waals surface area contributed by atoms with E-state index in [4.69, 9.17) is 0 Å². The minimum atomic E-state index is 0.994. The van der Waals surface area contributed by atoms with E-state index in [2.05, 4.69) is 18.7 Å². The molecule has 0 aromatic rings. The summed E-state index contributed by atoms with van der Waals surface area (Å²) < 4.78 is 0. The van der Waals surface area contributed by atoms with E-state index in [1.165, 1.54) is 38.9 Å². The topological polar surface area (TPSA) is 3.24 Å². The van der Waals surface area contributed by atoms with E-state index in [0.717, 1.165) is 5.92 Å². The Morgan fingerprint density at radius 1 is 1.25 bits per heavy atom. The molecule has 1 saturated heterocycles. The summed E-state index contributed by atoms with van der Waals surface area (Å²) in [6.07, 6.45) is 4.26. The molecule has 1 rings (SSSR count). The lowest BCUT2D eigenvalue weighted by atomic mass is 9.96. The summed E-state index contributed by atoms with van der Waals surface area (Å²) in [6, 6.07) is 0. The van der Waals surface area contributed by atoms with Gasteiger partial charge in [-0.1, -0.05) is 34.1 Å². The standard InChI is InChI=1S/C9H19N.C2H6/c1-3-9-6-5-7-10(4-2)8-9;1-2/h9H,3-8H2,1-2H3;1-2H3. The summed E-state index contributed by atoms with van der Waals surface area (Å²) in [7, 11) is 0. The molecule has 0 N–H and O–H groups in total. The van der Waals surface area contributed by atoms with Gasteiger partial charge in [-0.15, -0.1) is 0 Å². The largest absolute Gasteiger partial charge is 0.303 e. The quantitative estimate of drug-likeness (QED) is 0.617. The van der Waals surface area contributed by atoms with Crippen LogP contribution in [0.1, 0.15) is 47.0 Å². The highest BCUT2D eigenvalue weighted by molar-refractivity contribution is 4.70. The van der Waals surface area contributed by atoms with Crippen LogP contribution in [0.3, 0.4) is 0 Å². The van der Waals surface area contributed by atoms with Crippen LogP contribution in [0.4, 0.5) is 0 Å². The van der Waals surface area contributed by atoms with Gasteiger partial charge in [0.1, 0.15) is 0 Å². The van der Waals surface area contributed by atoms with Gasteiger partial charge in [-0.3, -0.25) is 0 Å². The van der Waals surface area contributed by atoms with E-state index in [0.29, 0.717) is 0 Å². The maximum atomic E-state index is 2.57. The predicted molar refractivity (Wildman–Crippen MR) is 56.5 cm³/mol. The minimum Gasteiger partial charge on any atom is -0.303 e. The summed E-state index contributed by atoms with van der Waals surface area (Å²) in [5, 5.41) is 0. The summed E-state index contributed by atoms with van der Waals surface area (Å²) in [4.78, 5) is 2.57. The highest BCUT2D eigenvalue weighted by atomic mass is 15.1. The summed E-state index contributed by atoms with van der Waals surface area (Å²) in [5.74, 6) is 0.994. The van der Waals surface area contributed by atoms with E-state index in [-0.39, 0.29) is 0 Å². The SMILES string of the molecule is CC.CCC1CCCN(CC)C1. The lowest BCUT2D eigenvalue weighted by Gasteiger charge is -2.31. The van der Waals surface area contributed by atoms with Crippen LogP contribution in [0.25, 0.3) is 0 Å². The molecule has 1 aliphatic heterocycles. The van der Waals surface area contributed by atoms with Gasteiger partial charge < -0.3 is 4.90 Å². The molecule has 0 spiro atoms. The number of rotatable bonds is 2. The molecule has 0 aliphatic carbocycles. The molecule has 1 heteroatoms. The molecule has 0 bridgehead atoms. The maximum Gasteiger partial charge on any atom is 0.000945 e. The zero-order valence-corrected chi connectivity index (χ0v) is 9.27. The molecule has 0 aromatic carbocycles. The first-order valence-electron chi connectivity index (χ1n) is 5.59. The third-order valence-corrected chi connectivity index (χ3v) is 2.63. The van der Waals surface area contributed by atoms with Gasteiger partial charge in [0.05, 0.1) is 0 Å². The fraction of sp³-hybridized carbons (Fsp3) is 1.00. The van der Waals surface area contributed by atoms with Crippen molar-refractivity contribution in [3.63, 3.8) is 0 Å². The van der Waals surface area contributed by atoms with Gasteiger partial charge in [-0.25, -0.2) is 0 Å². The number of likely N-dealkylation sites (tertiary alicyclic amines) is 1. The fourth-order valence-corrected chi connectivity index (χ4v) is 1.77. The monoisotopic (exact) mass is 171 g/mol. The number of hydrogen-bond acceptors (Lipinski definition) is 1. The van der Waals surface area contributed by atoms with Gasteiger partial charge in [0.25, 0.3) is 0 Å². The summed E-state index contributed by atoms with van der Waals surface area (Å²) in [6.45, 7) is 12.5. The van der Waals surface area contributed by atoms with Crippen LogP contribution >= 0.6 is 0 Å². The van der Waals surface area contributed by atoms with E-state index < -0.39 is 0 Å². The first kappa shape index (κ1) is 12.0. The molecule has 0 aromatic heterocycles. The van der Waals surface area contributed by atoms with Gasteiger partial charge in [-0.05, 0) is 31.8 Å². The van der Waals surface area contributed by atoms with Gasteiger partial charge in [0, 0.05) is 6.54 Å². The zero-order chi connectivity index (χ0) is 9.40. The zero-order valence-electron chi connectivity index (χ0n) is 9.27. The van der Waals surface area contributed by atoms with E-state index in [1.807, 2.05) is 13.8 Å². The minimum absolute atomic E-state index is 0.994. The van der Waals surface area contributed by atoms with Crippen LogP contribution < -0.4 is 0 Å². The van der Waals surface area contributed by atoms with Crippen molar-refractivity contribution in [2.24, 2.45) is 5.92 Å². The number of hydrogen-bond donors (Lipinski definition) is 0. The highest BCUT2D eigenvalue weighted by Crippen LogP contribution is 2.18. The van der Waals surface area contributed by atoms with Crippen molar-refractivity contribution in [3.05, 3.63) is 0 Å². The van der Waals surface area contributed by atoms with Crippen LogP contribution in [0.5, 0.6) is 0 Å². The Kier molecular flexibility index (Phi) is 7.58. The molecular weight excluding hydrogens is 146 g/mol. The second kappa shape index (κ2) is 7.60. The molecular formula is C11H25N. The molecule has 0 saturated carbocycles. The van der Waals surface area contributed by atoms with Gasteiger partial charge in [0.2, 0.25) is 0 Å². The van der Waals surface area contributed by atoms with Gasteiger partial charge in [0.15, 0.2) is 0 Å². The number of piperidine rings is 1. The van der Waals surface area contributed by atoms with Crippen LogP contribution in [0.2, 0.25) is 0 Å². The fourth-order valence-electron chi connectivity index (χ4n) is 1.77. The van der Waals surface area contributed by atoms with Crippen LogP contribution in [-0.2, 0) is 0 Å². The van der Waals surface area contributed by atoms with E-state index in [1.54, 1.807) is 0 Å². The third-order valence-electron chi connectivity index (χ3n) is 2.63. The lowest BCUT2D eigenvalue weighted by molar-refractivity contribution is 0.179. The molecule has 1 nitrogen and oxygen atoms in total. The van der Waals surface area contributed by atoms with Crippen LogP contribution in [0, 0.1) is 5.92 Å². The summed E-state index contributed by atoms with van der Waals surface area (Å²) in [5.41, 5.74) is 0. The molecule has 74 valence electrons. The smallest absolute Gasteiger partial charge is 0.000945 e. The lowest BCUT2D eigenvalue weighted by Crippen LogP contribution is -2.34. The Labute approximate surface area is 78.1 Å². The molecule has 1 aliphatic rings. The van der Waals surface area contributed by atoms with Crippen molar-refractivity contribution in [2.75, 3.05) is 19.6 Å². The molecule has 1 heterocycles. The second-order valence-electron chi connectivity index (χ2n) is 3.31. The molecule has 12 heavy (non-hydrogen) atoms. The van der Waals surface area contributed by atoms with E-state index in [9.17, 15) is 0 Å². The third kappa shape index (κ3) is 4.10.